The van der Waals surface area contributed by atoms with Crippen LogP contribution in [0.4, 0.5) is 19.2 Å². The maximum atomic E-state index is 13.1. The van der Waals surface area contributed by atoms with Gasteiger partial charge in [-0.3, -0.25) is 0 Å². The summed E-state index contributed by atoms with van der Waals surface area (Å²) in [5.41, 5.74) is -0.630. The van der Waals surface area contributed by atoms with Gasteiger partial charge in [-0.25, -0.2) is 9.78 Å². The monoisotopic (exact) mass is 453 g/mol. The molecule has 1 aromatic carbocycles. The largest absolute Gasteiger partial charge is 0.573 e. The number of rotatable bonds is 4. The van der Waals surface area contributed by atoms with Crippen LogP contribution in [0.2, 0.25) is 0 Å². The van der Waals surface area contributed by atoms with E-state index >= 15 is 0 Å². The molecule has 164 valence electrons. The lowest BCUT2D eigenvalue weighted by Crippen LogP contribution is -2.41. The summed E-state index contributed by atoms with van der Waals surface area (Å²) in [6, 6.07) is 1.27. The van der Waals surface area contributed by atoms with Crippen LogP contribution in [-0.4, -0.2) is 40.5 Å². The fourth-order valence-corrected chi connectivity index (χ4v) is 5.38. The number of hydrogen-bond donors (Lipinski definition) is 1. The van der Waals surface area contributed by atoms with Gasteiger partial charge in [-0.1, -0.05) is 6.92 Å². The lowest BCUT2D eigenvalue weighted by Gasteiger charge is -2.35. The predicted molar refractivity (Wildman–Crippen MR) is 106 cm³/mol. The van der Waals surface area contributed by atoms with Crippen LogP contribution < -0.4 is 9.64 Å². The first kappa shape index (κ1) is 20.1. The number of carbonyl (C=O) groups is 1. The van der Waals surface area contributed by atoms with Crippen LogP contribution in [0.15, 0.2) is 22.1 Å². The Bertz CT molecular complexity index is 1130. The van der Waals surface area contributed by atoms with Gasteiger partial charge in [-0.15, -0.1) is 24.5 Å². The summed E-state index contributed by atoms with van der Waals surface area (Å²) in [7, 11) is 0. The highest BCUT2D eigenvalue weighted by molar-refractivity contribution is 7.13. The van der Waals surface area contributed by atoms with Crippen molar-refractivity contribution in [2.45, 2.75) is 26.1 Å². The lowest BCUT2D eigenvalue weighted by molar-refractivity contribution is -0.274. The normalized spacial score (nSPS) is 23.5. The quantitative estimate of drug-likeness (QED) is 0.593. The van der Waals surface area contributed by atoms with Gasteiger partial charge in [0.2, 0.25) is 0 Å². The number of thiazole rings is 1. The molecule has 5 rings (SSSR count). The van der Waals surface area contributed by atoms with Crippen molar-refractivity contribution < 1.29 is 32.2 Å². The first-order valence-electron chi connectivity index (χ1n) is 9.82. The molecule has 31 heavy (non-hydrogen) atoms. The van der Waals surface area contributed by atoms with Crippen LogP contribution in [0.25, 0.3) is 21.7 Å². The Balaban J connectivity index is 1.69. The molecule has 2 unspecified atom stereocenters. The maximum absolute atomic E-state index is 13.1. The van der Waals surface area contributed by atoms with E-state index in [9.17, 15) is 23.1 Å². The smallest absolute Gasteiger partial charge is 0.478 e. The molecule has 2 aliphatic rings. The van der Waals surface area contributed by atoms with E-state index in [-0.39, 0.29) is 22.7 Å². The van der Waals surface area contributed by atoms with E-state index in [1.165, 1.54) is 17.5 Å². The number of aromatic nitrogens is 2. The Hall–Kier alpha value is -2.82. The van der Waals surface area contributed by atoms with Gasteiger partial charge in [0.15, 0.2) is 16.8 Å². The lowest BCUT2D eigenvalue weighted by atomic mass is 9.87. The minimum atomic E-state index is -5.08. The summed E-state index contributed by atoms with van der Waals surface area (Å²) in [6.07, 6.45) is -1.37. The van der Waals surface area contributed by atoms with E-state index in [1.807, 2.05) is 4.90 Å². The van der Waals surface area contributed by atoms with Gasteiger partial charge in [-0.2, -0.15) is 4.98 Å². The zero-order valence-electron chi connectivity index (χ0n) is 16.3. The van der Waals surface area contributed by atoms with Crippen molar-refractivity contribution in [1.82, 2.24) is 9.97 Å². The molecule has 2 atom stereocenters. The maximum Gasteiger partial charge on any atom is 0.573 e. The number of carboxylic acids is 1. The highest BCUT2D eigenvalue weighted by Gasteiger charge is 2.41. The Morgan fingerprint density at radius 1 is 1.32 bits per heavy atom. The first-order chi connectivity index (χ1) is 14.7. The minimum absolute atomic E-state index is 0.0279. The fraction of sp³-hybridized carbons (Fsp3) is 0.450. The summed E-state index contributed by atoms with van der Waals surface area (Å²) >= 11 is 1.22. The van der Waals surface area contributed by atoms with Crippen molar-refractivity contribution in [3.63, 3.8) is 0 Å². The number of nitrogens with zero attached hydrogens (tertiary/aromatic N) is 3. The first-order valence-corrected chi connectivity index (χ1v) is 10.7. The highest BCUT2D eigenvalue weighted by atomic mass is 32.1. The van der Waals surface area contributed by atoms with Crippen LogP contribution in [0.5, 0.6) is 5.75 Å². The molecule has 3 aromatic rings. The number of anilines is 1. The molecule has 1 aliphatic heterocycles. The molecule has 0 radical (unpaired) electrons. The summed E-state index contributed by atoms with van der Waals surface area (Å²) in [6.45, 7) is 3.61. The van der Waals surface area contributed by atoms with Crippen LogP contribution >= 0.6 is 11.3 Å². The standard InChI is InChI=1S/C20H18F3N3O4S/c1-9-10-2-3-11(9)8-26(7-10)19-25-14-15(29-19)12(17-24-4-5-31-17)6-13(18(27)28)16(14)30-20(21,22)23/h4-6,9-11H,2-3,7-8H2,1H3,(H,27,28). The molecule has 0 amide bonds. The number of fused-ring (bicyclic) bond motifs is 3. The van der Waals surface area contributed by atoms with Gasteiger partial charge >= 0.3 is 12.3 Å². The van der Waals surface area contributed by atoms with Crippen molar-refractivity contribution in [3.05, 3.63) is 23.2 Å². The van der Waals surface area contributed by atoms with Gasteiger partial charge in [0.05, 0.1) is 5.56 Å². The van der Waals surface area contributed by atoms with Gasteiger partial charge < -0.3 is 19.2 Å². The van der Waals surface area contributed by atoms with Crippen molar-refractivity contribution >= 4 is 34.4 Å². The highest BCUT2D eigenvalue weighted by Crippen LogP contribution is 2.45. The Morgan fingerprint density at radius 3 is 2.61 bits per heavy atom. The zero-order valence-corrected chi connectivity index (χ0v) is 17.2. The number of alkyl halides is 3. The number of aromatic carboxylic acids is 1. The number of ether oxygens (including phenoxy) is 1. The molecule has 2 bridgehead atoms. The molecule has 2 fully saturated rings. The molecule has 7 nitrogen and oxygen atoms in total. The van der Waals surface area contributed by atoms with E-state index in [1.54, 1.807) is 5.38 Å². The topological polar surface area (TPSA) is 88.7 Å². The van der Waals surface area contributed by atoms with Crippen LogP contribution in [-0.2, 0) is 0 Å². The molecule has 3 heterocycles. The second kappa shape index (κ2) is 7.11. The van der Waals surface area contributed by atoms with E-state index in [4.69, 9.17) is 4.42 Å². The van der Waals surface area contributed by atoms with Crippen molar-refractivity contribution in [2.24, 2.45) is 17.8 Å². The summed E-state index contributed by atoms with van der Waals surface area (Å²) in [4.78, 5) is 22.2. The van der Waals surface area contributed by atoms with Crippen molar-refractivity contribution in [3.8, 4) is 16.3 Å². The molecular weight excluding hydrogens is 435 g/mol. The predicted octanol–water partition coefficient (Wildman–Crippen LogP) is 5.03. The summed E-state index contributed by atoms with van der Waals surface area (Å²) in [5, 5.41) is 11.7. The van der Waals surface area contributed by atoms with Gasteiger partial charge in [0.1, 0.15) is 10.6 Å². The minimum Gasteiger partial charge on any atom is -0.478 e. The number of halogens is 3. The molecule has 0 spiro atoms. The second-order valence-electron chi connectivity index (χ2n) is 8.03. The molecule has 1 saturated carbocycles. The van der Waals surface area contributed by atoms with Gasteiger partial charge in [-0.05, 0) is 36.7 Å². The van der Waals surface area contributed by atoms with Crippen molar-refractivity contribution in [1.29, 1.82) is 0 Å². The molecule has 11 heteroatoms. The average molecular weight is 453 g/mol. The number of piperidine rings is 1. The molecule has 2 aromatic heterocycles. The molecule has 1 aliphatic carbocycles. The fourth-order valence-electron chi connectivity index (χ4n) is 4.73. The van der Waals surface area contributed by atoms with Crippen LogP contribution in [0.1, 0.15) is 30.1 Å². The third-order valence-electron chi connectivity index (χ3n) is 6.30. The third kappa shape index (κ3) is 3.50. The van der Waals surface area contributed by atoms with Gasteiger partial charge in [0.25, 0.3) is 6.01 Å². The summed E-state index contributed by atoms with van der Waals surface area (Å²) < 4.78 is 49.4. The Morgan fingerprint density at radius 2 is 2.03 bits per heavy atom. The van der Waals surface area contributed by atoms with Crippen LogP contribution in [0.3, 0.4) is 0 Å². The van der Waals surface area contributed by atoms with E-state index < -0.39 is 23.6 Å². The molecule has 1 N–H and O–H groups in total. The van der Waals surface area contributed by atoms with Crippen molar-refractivity contribution in [2.75, 3.05) is 18.0 Å². The van der Waals surface area contributed by atoms with E-state index in [2.05, 4.69) is 21.6 Å². The third-order valence-corrected chi connectivity index (χ3v) is 7.10. The second-order valence-corrected chi connectivity index (χ2v) is 8.92. The average Bonchev–Trinajstić information content (AvgIpc) is 3.40. The Kier molecular flexibility index (Phi) is 4.61. The Labute approximate surface area is 178 Å². The number of carboxylic acid groups (broad SMARTS) is 1. The number of benzene rings is 1. The van der Waals surface area contributed by atoms with E-state index in [0.717, 1.165) is 18.9 Å². The SMILES string of the molecule is CC1C2CCC1CN(c1nc3c(OC(F)(F)F)c(C(=O)O)cc(-c4nccs4)c3o1)C2. The number of hydrogen-bond acceptors (Lipinski definition) is 7. The number of oxazole rings is 1. The van der Waals surface area contributed by atoms with Gasteiger partial charge in [0, 0.05) is 24.7 Å². The van der Waals surface area contributed by atoms with E-state index in [0.29, 0.717) is 35.9 Å². The molecule has 1 saturated heterocycles. The summed E-state index contributed by atoms with van der Waals surface area (Å²) in [5.74, 6) is -0.929. The van der Waals surface area contributed by atoms with Crippen LogP contribution in [0, 0.1) is 17.8 Å². The molecular formula is C20H18F3N3O4S. The zero-order chi connectivity index (χ0) is 21.9.